The number of carbonyl (C=O) groups excluding carboxylic acids is 3. The van der Waals surface area contributed by atoms with Crippen LogP contribution in [0.25, 0.3) is 10.8 Å². The van der Waals surface area contributed by atoms with E-state index in [0.29, 0.717) is 24.1 Å². The number of amides is 3. The molecule has 46 heavy (non-hydrogen) atoms. The average molecular weight is 634 g/mol. The Morgan fingerprint density at radius 3 is 2.11 bits per heavy atom. The van der Waals surface area contributed by atoms with Gasteiger partial charge in [0.2, 0.25) is 17.7 Å². The minimum atomic E-state index is -1.71. The number of nitrogens with zero attached hydrogens (tertiary/aromatic N) is 1. The summed E-state index contributed by atoms with van der Waals surface area (Å²) in [4.78, 5) is 66.7. The lowest BCUT2D eigenvalue weighted by atomic mass is 9.95. The number of fused-ring (bicyclic) bond motifs is 1. The number of carbonyl (C=O) groups is 5. The Morgan fingerprint density at radius 1 is 0.761 bits per heavy atom. The van der Waals surface area contributed by atoms with Crippen LogP contribution in [-0.2, 0) is 30.4 Å². The van der Waals surface area contributed by atoms with Crippen molar-refractivity contribution in [2.24, 2.45) is 22.2 Å². The highest BCUT2D eigenvalue weighted by molar-refractivity contribution is 5.93. The molecule has 3 rings (SSSR count). The number of aliphatic carboxylic acids is 2. The molecule has 0 saturated carbocycles. The van der Waals surface area contributed by atoms with Crippen molar-refractivity contribution in [2.45, 2.75) is 56.3 Å². The maximum Gasteiger partial charge on any atom is 0.326 e. The van der Waals surface area contributed by atoms with Gasteiger partial charge in [0.25, 0.3) is 0 Å². The fraction of sp³-hybridized carbons (Fsp3) is 0.312. The highest BCUT2D eigenvalue weighted by atomic mass is 16.4. The van der Waals surface area contributed by atoms with Crippen LogP contribution in [0.4, 0.5) is 0 Å². The lowest BCUT2D eigenvalue weighted by Gasteiger charge is -2.25. The molecule has 0 spiro atoms. The molecule has 3 aromatic rings. The first-order chi connectivity index (χ1) is 21.9. The van der Waals surface area contributed by atoms with E-state index >= 15 is 0 Å². The Labute approximate surface area is 265 Å². The predicted octanol–water partition coefficient (Wildman–Crippen LogP) is 0.540. The lowest BCUT2D eigenvalue weighted by Crippen LogP contribution is -2.53. The highest BCUT2D eigenvalue weighted by Crippen LogP contribution is 2.27. The van der Waals surface area contributed by atoms with Crippen molar-refractivity contribution < 1.29 is 34.2 Å². The van der Waals surface area contributed by atoms with E-state index in [2.05, 4.69) is 20.9 Å². The van der Waals surface area contributed by atoms with Gasteiger partial charge in [-0.2, -0.15) is 0 Å². The van der Waals surface area contributed by atoms with Crippen molar-refractivity contribution in [3.8, 4) is 0 Å². The van der Waals surface area contributed by atoms with Crippen LogP contribution < -0.4 is 33.2 Å². The molecule has 3 aromatic carbocycles. The molecule has 11 N–H and O–H groups in total. The Kier molecular flexibility index (Phi) is 13.0. The molecule has 14 heteroatoms. The third-order valence-corrected chi connectivity index (χ3v) is 7.14. The number of carboxylic acids is 2. The van der Waals surface area contributed by atoms with Crippen LogP contribution in [0.1, 0.15) is 42.9 Å². The van der Waals surface area contributed by atoms with Gasteiger partial charge in [0.15, 0.2) is 5.96 Å². The summed E-state index contributed by atoms with van der Waals surface area (Å²) in [5.41, 5.74) is 18.2. The monoisotopic (exact) mass is 633 g/mol. The molecular weight excluding hydrogens is 594 g/mol. The summed E-state index contributed by atoms with van der Waals surface area (Å²) < 4.78 is 0. The topological polar surface area (TPSA) is 252 Å². The first-order valence-electron chi connectivity index (χ1n) is 14.6. The smallest absolute Gasteiger partial charge is 0.326 e. The van der Waals surface area contributed by atoms with E-state index in [1.165, 1.54) is 0 Å². The highest BCUT2D eigenvalue weighted by Gasteiger charge is 2.30. The van der Waals surface area contributed by atoms with Crippen LogP contribution in [0.5, 0.6) is 0 Å². The number of rotatable bonds is 17. The molecule has 0 aliphatic heterocycles. The Balaban J connectivity index is 1.86. The molecule has 4 atom stereocenters. The number of hydrogen-bond acceptors (Lipinski definition) is 7. The normalized spacial score (nSPS) is 13.4. The van der Waals surface area contributed by atoms with Crippen LogP contribution in [0.15, 0.2) is 77.8 Å². The Morgan fingerprint density at radius 2 is 1.43 bits per heavy atom. The van der Waals surface area contributed by atoms with Crippen molar-refractivity contribution in [2.75, 3.05) is 6.54 Å². The van der Waals surface area contributed by atoms with E-state index in [1.54, 1.807) is 42.5 Å². The molecule has 0 fully saturated rings. The van der Waals surface area contributed by atoms with Gasteiger partial charge < -0.3 is 43.4 Å². The zero-order valence-electron chi connectivity index (χ0n) is 25.1. The zero-order valence-corrected chi connectivity index (χ0v) is 25.1. The first-order valence-corrected chi connectivity index (χ1v) is 14.6. The maximum atomic E-state index is 13.6. The third-order valence-electron chi connectivity index (χ3n) is 7.14. The fourth-order valence-corrected chi connectivity index (χ4v) is 4.87. The molecule has 0 heterocycles. The summed E-state index contributed by atoms with van der Waals surface area (Å²) >= 11 is 0. The molecule has 0 bridgehead atoms. The maximum absolute atomic E-state index is 13.6. The van der Waals surface area contributed by atoms with Crippen LogP contribution in [0.2, 0.25) is 0 Å². The van der Waals surface area contributed by atoms with Crippen molar-refractivity contribution in [1.29, 1.82) is 0 Å². The van der Waals surface area contributed by atoms with Gasteiger partial charge in [-0.1, -0.05) is 72.8 Å². The Bertz CT molecular complexity index is 1560. The quantitative estimate of drug-likeness (QED) is 0.0582. The van der Waals surface area contributed by atoms with Gasteiger partial charge in [-0.25, -0.2) is 4.79 Å². The summed E-state index contributed by atoms with van der Waals surface area (Å²) in [5.74, 6) is -5.03. The number of guanidine groups is 1. The second-order valence-corrected chi connectivity index (χ2v) is 10.7. The van der Waals surface area contributed by atoms with E-state index < -0.39 is 60.2 Å². The molecule has 0 saturated heterocycles. The standard InChI is InChI=1S/C32H39N7O7/c33-23(14-7-15-36-32(34)35)29(43)38-24(22-13-6-11-20-10-4-5-12-21(20)22)17-27(40)37-25(16-19-8-2-1-3-9-19)30(44)39-26(31(45)46)18-28(41)42/h1-6,8-13,23-26H,7,14-18,33H2,(H,37,40)(H,38,43)(H,39,44)(H,41,42)(H,45,46)(H4,34,35,36)/t23-,24-,25-,26-/m0/s1. The lowest BCUT2D eigenvalue weighted by molar-refractivity contribution is -0.147. The number of nitrogens with one attached hydrogen (secondary N) is 3. The number of nitrogens with two attached hydrogens (primary N) is 3. The van der Waals surface area contributed by atoms with Crippen molar-refractivity contribution in [3.05, 3.63) is 83.9 Å². The summed E-state index contributed by atoms with van der Waals surface area (Å²) in [7, 11) is 0. The molecule has 244 valence electrons. The second kappa shape index (κ2) is 17.1. The summed E-state index contributed by atoms with van der Waals surface area (Å²) in [6.07, 6.45) is -0.437. The van der Waals surface area contributed by atoms with E-state index in [1.807, 2.05) is 30.3 Å². The third kappa shape index (κ3) is 10.9. The summed E-state index contributed by atoms with van der Waals surface area (Å²) in [6.45, 7) is 0.290. The number of aliphatic imine (C=N–C) groups is 1. The van der Waals surface area contributed by atoms with Crippen LogP contribution in [0.3, 0.4) is 0 Å². The Hall–Kier alpha value is -5.50. The van der Waals surface area contributed by atoms with Crippen molar-refractivity contribution in [3.63, 3.8) is 0 Å². The largest absolute Gasteiger partial charge is 0.481 e. The van der Waals surface area contributed by atoms with Crippen LogP contribution >= 0.6 is 0 Å². The minimum Gasteiger partial charge on any atom is -0.481 e. The molecular formula is C32H39N7O7. The number of benzene rings is 3. The van der Waals surface area contributed by atoms with Gasteiger partial charge in [0.1, 0.15) is 12.1 Å². The fourth-order valence-electron chi connectivity index (χ4n) is 4.87. The SMILES string of the molecule is NC(N)=NCCC[C@H](N)C(=O)N[C@@H](CC(=O)N[C@@H](Cc1ccccc1)C(=O)N[C@@H](CC(=O)O)C(=O)O)c1cccc2ccccc12. The van der Waals surface area contributed by atoms with E-state index in [9.17, 15) is 29.1 Å². The molecule has 0 unspecified atom stereocenters. The van der Waals surface area contributed by atoms with E-state index in [0.717, 1.165) is 10.8 Å². The molecule has 0 aliphatic rings. The van der Waals surface area contributed by atoms with Crippen molar-refractivity contribution in [1.82, 2.24) is 16.0 Å². The second-order valence-electron chi connectivity index (χ2n) is 10.7. The first kappa shape index (κ1) is 35.0. The van der Waals surface area contributed by atoms with E-state index in [-0.39, 0.29) is 25.2 Å². The molecule has 0 aromatic heterocycles. The zero-order chi connectivity index (χ0) is 33.6. The van der Waals surface area contributed by atoms with Crippen LogP contribution in [-0.4, -0.2) is 70.5 Å². The summed E-state index contributed by atoms with van der Waals surface area (Å²) in [5, 5.41) is 28.0. The van der Waals surface area contributed by atoms with Gasteiger partial charge in [-0.3, -0.25) is 24.2 Å². The average Bonchev–Trinajstić information content (AvgIpc) is 3.01. The number of carboxylic acid groups (broad SMARTS) is 2. The molecule has 0 aliphatic carbocycles. The molecule has 3 amide bonds. The predicted molar refractivity (Wildman–Crippen MR) is 171 cm³/mol. The summed E-state index contributed by atoms with van der Waals surface area (Å²) in [6, 6.07) is 16.9. The minimum absolute atomic E-state index is 0.0101. The van der Waals surface area contributed by atoms with E-state index in [4.69, 9.17) is 22.3 Å². The van der Waals surface area contributed by atoms with Gasteiger partial charge >= 0.3 is 11.9 Å². The van der Waals surface area contributed by atoms with Crippen LogP contribution in [0, 0.1) is 0 Å². The van der Waals surface area contributed by atoms with Gasteiger partial charge in [0.05, 0.1) is 24.9 Å². The molecule has 14 nitrogen and oxygen atoms in total. The van der Waals surface area contributed by atoms with Crippen molar-refractivity contribution >= 4 is 46.4 Å². The molecule has 0 radical (unpaired) electrons. The van der Waals surface area contributed by atoms with Gasteiger partial charge in [-0.15, -0.1) is 0 Å². The van der Waals surface area contributed by atoms with Gasteiger partial charge in [0, 0.05) is 13.0 Å². The van der Waals surface area contributed by atoms with Gasteiger partial charge in [-0.05, 0) is 34.7 Å². The number of hydrogen-bond donors (Lipinski definition) is 8.